The Kier molecular flexibility index (Phi) is 4.38. The summed E-state index contributed by atoms with van der Waals surface area (Å²) in [5.74, 6) is 0. The normalized spacial score (nSPS) is 13.4. The monoisotopic (exact) mass is 343 g/mol. The van der Waals surface area contributed by atoms with Gasteiger partial charge in [-0.3, -0.25) is 5.10 Å². The number of H-pyrrole nitrogens is 1. The predicted octanol–water partition coefficient (Wildman–Crippen LogP) is 2.60. The second kappa shape index (κ2) is 5.85. The number of aromatic amines is 1. The summed E-state index contributed by atoms with van der Waals surface area (Å²) in [6.07, 6.45) is 3.31. The molecule has 0 aliphatic heterocycles. The van der Waals surface area contributed by atoms with E-state index in [1.54, 1.807) is 0 Å². The summed E-state index contributed by atoms with van der Waals surface area (Å²) in [5, 5.41) is 6.15. The van der Waals surface area contributed by atoms with Crippen LogP contribution in [0.4, 0.5) is 0 Å². The van der Waals surface area contributed by atoms with E-state index in [0.717, 1.165) is 10.0 Å². The van der Waals surface area contributed by atoms with Crippen molar-refractivity contribution in [3.05, 3.63) is 46.7 Å². The van der Waals surface area contributed by atoms with Crippen molar-refractivity contribution in [1.82, 2.24) is 14.9 Å². The summed E-state index contributed by atoms with van der Waals surface area (Å²) in [6.45, 7) is 1.94. The van der Waals surface area contributed by atoms with Crippen molar-refractivity contribution in [1.29, 1.82) is 0 Å². The predicted molar refractivity (Wildman–Crippen MR) is 76.1 cm³/mol. The van der Waals surface area contributed by atoms with Crippen LogP contribution in [-0.4, -0.2) is 18.6 Å². The summed E-state index contributed by atoms with van der Waals surface area (Å²) in [5.41, 5.74) is 0.928. The third-order valence-electron chi connectivity index (χ3n) is 2.76. The van der Waals surface area contributed by atoms with E-state index in [1.165, 1.54) is 12.4 Å². The van der Waals surface area contributed by atoms with Gasteiger partial charge >= 0.3 is 0 Å². The molecule has 19 heavy (non-hydrogen) atoms. The number of aromatic nitrogens is 2. The van der Waals surface area contributed by atoms with Gasteiger partial charge in [0.25, 0.3) is 0 Å². The molecule has 2 N–H and O–H groups in total. The van der Waals surface area contributed by atoms with Gasteiger partial charge in [0.05, 0.1) is 6.20 Å². The molecule has 1 atom stereocenters. The molecule has 0 saturated carbocycles. The average Bonchev–Trinajstić information content (AvgIpc) is 2.92. The first kappa shape index (κ1) is 14.2. The van der Waals surface area contributed by atoms with E-state index in [9.17, 15) is 8.42 Å². The number of rotatable bonds is 5. The van der Waals surface area contributed by atoms with Crippen molar-refractivity contribution in [2.45, 2.75) is 24.3 Å². The van der Waals surface area contributed by atoms with Crippen molar-refractivity contribution in [3.63, 3.8) is 0 Å². The van der Waals surface area contributed by atoms with Gasteiger partial charge in [-0.25, -0.2) is 13.1 Å². The summed E-state index contributed by atoms with van der Waals surface area (Å²) in [4.78, 5) is 0.142. The number of nitrogens with zero attached hydrogens (tertiary/aromatic N) is 1. The molecule has 1 unspecified atom stereocenters. The molecule has 1 heterocycles. The van der Waals surface area contributed by atoms with E-state index in [0.29, 0.717) is 6.42 Å². The van der Waals surface area contributed by atoms with Gasteiger partial charge in [0.2, 0.25) is 10.0 Å². The molecule has 0 aliphatic carbocycles. The minimum atomic E-state index is -3.54. The second-order valence-electron chi connectivity index (χ2n) is 4.07. The summed E-state index contributed by atoms with van der Waals surface area (Å²) in [7, 11) is -3.54. The van der Waals surface area contributed by atoms with Gasteiger partial charge in [-0.2, -0.15) is 5.10 Å². The van der Waals surface area contributed by atoms with E-state index >= 15 is 0 Å². The Morgan fingerprint density at radius 2 is 2.05 bits per heavy atom. The Morgan fingerprint density at radius 3 is 2.58 bits per heavy atom. The van der Waals surface area contributed by atoms with Crippen LogP contribution in [0.15, 0.2) is 46.0 Å². The van der Waals surface area contributed by atoms with E-state index in [2.05, 4.69) is 30.8 Å². The lowest BCUT2D eigenvalue weighted by molar-refractivity contribution is 0.550. The zero-order valence-corrected chi connectivity index (χ0v) is 12.7. The van der Waals surface area contributed by atoms with Crippen LogP contribution in [0.3, 0.4) is 0 Å². The highest BCUT2D eigenvalue weighted by atomic mass is 79.9. The maximum absolute atomic E-state index is 12.1. The van der Waals surface area contributed by atoms with E-state index < -0.39 is 10.0 Å². The molecule has 2 rings (SSSR count). The SMILES string of the molecule is CCC(NS(=O)(=O)c1cn[nH]c1)c1ccc(Br)cc1. The zero-order valence-electron chi connectivity index (χ0n) is 10.3. The first-order valence-corrected chi connectivity index (χ1v) is 8.07. The lowest BCUT2D eigenvalue weighted by Gasteiger charge is -2.17. The second-order valence-corrected chi connectivity index (χ2v) is 6.70. The van der Waals surface area contributed by atoms with Gasteiger partial charge in [0.15, 0.2) is 0 Å². The standard InChI is InChI=1S/C12H14BrN3O2S/c1-2-12(9-3-5-10(13)6-4-9)16-19(17,18)11-7-14-15-8-11/h3-8,12,16H,2H2,1H3,(H,14,15). The third-order valence-corrected chi connectivity index (χ3v) is 4.73. The Balaban J connectivity index is 2.22. The lowest BCUT2D eigenvalue weighted by Crippen LogP contribution is -2.28. The minimum Gasteiger partial charge on any atom is -0.284 e. The molecule has 102 valence electrons. The van der Waals surface area contributed by atoms with Crippen LogP contribution in [0.5, 0.6) is 0 Å². The van der Waals surface area contributed by atoms with Crippen LogP contribution in [0.2, 0.25) is 0 Å². The largest absolute Gasteiger partial charge is 0.284 e. The zero-order chi connectivity index (χ0) is 13.9. The first-order valence-electron chi connectivity index (χ1n) is 5.79. The van der Waals surface area contributed by atoms with E-state index in [-0.39, 0.29) is 10.9 Å². The van der Waals surface area contributed by atoms with Crippen molar-refractivity contribution in [2.75, 3.05) is 0 Å². The summed E-state index contributed by atoms with van der Waals surface area (Å²) in [6, 6.07) is 7.33. The van der Waals surface area contributed by atoms with Gasteiger partial charge in [-0.15, -0.1) is 0 Å². The number of halogens is 1. The number of sulfonamides is 1. The summed E-state index contributed by atoms with van der Waals surface area (Å²) >= 11 is 3.36. The molecule has 0 saturated heterocycles. The molecular formula is C12H14BrN3O2S. The highest BCUT2D eigenvalue weighted by molar-refractivity contribution is 9.10. The molecular weight excluding hydrogens is 330 g/mol. The Hall–Kier alpha value is -1.18. The molecule has 5 nitrogen and oxygen atoms in total. The number of hydrogen-bond acceptors (Lipinski definition) is 3. The summed E-state index contributed by atoms with van der Waals surface area (Å²) < 4.78 is 27.9. The number of benzene rings is 1. The van der Waals surface area contributed by atoms with Crippen LogP contribution < -0.4 is 4.72 Å². The van der Waals surface area contributed by atoms with Crippen LogP contribution >= 0.6 is 15.9 Å². The van der Waals surface area contributed by atoms with Crippen LogP contribution in [0.1, 0.15) is 24.9 Å². The molecule has 2 aromatic rings. The molecule has 1 aromatic heterocycles. The van der Waals surface area contributed by atoms with Crippen molar-refractivity contribution < 1.29 is 8.42 Å². The van der Waals surface area contributed by atoms with Crippen LogP contribution in [0.25, 0.3) is 0 Å². The van der Waals surface area contributed by atoms with Gasteiger partial charge in [-0.1, -0.05) is 35.0 Å². The van der Waals surface area contributed by atoms with Crippen LogP contribution in [0, 0.1) is 0 Å². The third kappa shape index (κ3) is 3.43. The fraction of sp³-hybridized carbons (Fsp3) is 0.250. The Bertz CT molecular complexity index is 624. The highest BCUT2D eigenvalue weighted by Gasteiger charge is 2.20. The highest BCUT2D eigenvalue weighted by Crippen LogP contribution is 2.21. The van der Waals surface area contributed by atoms with E-state index in [1.807, 2.05) is 31.2 Å². The molecule has 0 bridgehead atoms. The van der Waals surface area contributed by atoms with E-state index in [4.69, 9.17) is 0 Å². The maximum atomic E-state index is 12.1. The minimum absolute atomic E-state index is 0.142. The molecule has 0 fully saturated rings. The quantitative estimate of drug-likeness (QED) is 0.876. The number of nitrogens with one attached hydrogen (secondary N) is 2. The molecule has 0 aliphatic rings. The molecule has 0 amide bonds. The number of hydrogen-bond donors (Lipinski definition) is 2. The van der Waals surface area contributed by atoms with Gasteiger partial charge in [0, 0.05) is 16.7 Å². The fourth-order valence-corrected chi connectivity index (χ4v) is 3.20. The first-order chi connectivity index (χ1) is 9.03. The van der Waals surface area contributed by atoms with Crippen molar-refractivity contribution >= 4 is 26.0 Å². The van der Waals surface area contributed by atoms with Gasteiger partial charge in [-0.05, 0) is 24.1 Å². The van der Waals surface area contributed by atoms with Crippen molar-refractivity contribution in [3.8, 4) is 0 Å². The smallest absolute Gasteiger partial charge is 0.244 e. The Morgan fingerprint density at radius 1 is 1.37 bits per heavy atom. The Labute approximate surface area is 120 Å². The van der Waals surface area contributed by atoms with Gasteiger partial charge < -0.3 is 0 Å². The van der Waals surface area contributed by atoms with Crippen LogP contribution in [-0.2, 0) is 10.0 Å². The maximum Gasteiger partial charge on any atom is 0.244 e. The fourth-order valence-electron chi connectivity index (χ4n) is 1.72. The molecule has 0 spiro atoms. The lowest BCUT2D eigenvalue weighted by atomic mass is 10.1. The van der Waals surface area contributed by atoms with Crippen molar-refractivity contribution in [2.24, 2.45) is 0 Å². The molecule has 7 heteroatoms. The molecule has 0 radical (unpaired) electrons. The molecule has 1 aromatic carbocycles. The van der Waals surface area contributed by atoms with Gasteiger partial charge in [0.1, 0.15) is 4.90 Å². The average molecular weight is 344 g/mol. The topological polar surface area (TPSA) is 74.8 Å².